The van der Waals surface area contributed by atoms with Crippen LogP contribution in [-0.4, -0.2) is 49.7 Å². The van der Waals surface area contributed by atoms with Crippen molar-refractivity contribution in [1.82, 2.24) is 10.2 Å². The van der Waals surface area contributed by atoms with Gasteiger partial charge in [-0.05, 0) is 93.0 Å². The number of hydrogen-bond acceptors (Lipinski definition) is 3. The third-order valence-electron chi connectivity index (χ3n) is 7.40. The van der Waals surface area contributed by atoms with Gasteiger partial charge >= 0.3 is 0 Å². The molecule has 1 aliphatic heterocycles. The Balaban J connectivity index is 1.73. The maximum absolute atomic E-state index is 16.5. The molecular weight excluding hydrogens is 483 g/mol. The summed E-state index contributed by atoms with van der Waals surface area (Å²) < 4.78 is 16.5. The molecule has 3 aromatic rings. The van der Waals surface area contributed by atoms with Gasteiger partial charge in [0.2, 0.25) is 0 Å². The van der Waals surface area contributed by atoms with Gasteiger partial charge in [0.15, 0.2) is 5.82 Å². The molecule has 196 valence electrons. The van der Waals surface area contributed by atoms with E-state index in [0.717, 1.165) is 73.8 Å². The summed E-state index contributed by atoms with van der Waals surface area (Å²) in [5, 5.41) is 5.93. The molecule has 1 atom stereocenters. The normalized spacial score (nSPS) is 16.1. The van der Waals surface area contributed by atoms with Gasteiger partial charge in [0.05, 0.1) is 5.02 Å². The molecule has 0 bridgehead atoms. The van der Waals surface area contributed by atoms with Gasteiger partial charge in [-0.2, -0.15) is 0 Å². The van der Waals surface area contributed by atoms with Crippen molar-refractivity contribution in [2.24, 2.45) is 9.98 Å². The molecule has 0 saturated carbocycles. The summed E-state index contributed by atoms with van der Waals surface area (Å²) >= 11 is 6.81. The van der Waals surface area contributed by atoms with Crippen LogP contribution < -0.4 is 5.32 Å². The third kappa shape index (κ3) is 6.64. The highest BCUT2D eigenvalue weighted by molar-refractivity contribution is 6.34. The molecule has 0 amide bonds. The fraction of sp³-hybridized carbons (Fsp3) is 0.419. The average Bonchev–Trinajstić information content (AvgIpc) is 3.43. The van der Waals surface area contributed by atoms with Crippen LogP contribution in [0.2, 0.25) is 5.02 Å². The minimum absolute atomic E-state index is 0.294. The molecule has 4 nitrogen and oxygen atoms in total. The molecule has 1 heterocycles. The van der Waals surface area contributed by atoms with Crippen LogP contribution in [0.15, 0.2) is 58.5 Å². The zero-order valence-corrected chi connectivity index (χ0v) is 22.8. The van der Waals surface area contributed by atoms with Gasteiger partial charge in [-0.3, -0.25) is 0 Å². The van der Waals surface area contributed by atoms with Crippen molar-refractivity contribution in [3.05, 3.63) is 64.9 Å². The van der Waals surface area contributed by atoms with Crippen LogP contribution in [0.5, 0.6) is 0 Å². The smallest absolute Gasteiger partial charge is 0.158 e. The molecule has 1 unspecified atom stereocenters. The van der Waals surface area contributed by atoms with Gasteiger partial charge < -0.3 is 10.2 Å². The highest BCUT2D eigenvalue weighted by Gasteiger charge is 2.23. The maximum atomic E-state index is 16.5. The van der Waals surface area contributed by atoms with E-state index in [-0.39, 0.29) is 5.82 Å². The largest absolute Gasteiger partial charge is 0.314 e. The molecule has 0 aliphatic carbocycles. The van der Waals surface area contributed by atoms with E-state index in [4.69, 9.17) is 16.6 Å². The lowest BCUT2D eigenvalue weighted by Gasteiger charge is -2.18. The van der Waals surface area contributed by atoms with E-state index in [1.165, 1.54) is 0 Å². The van der Waals surface area contributed by atoms with Crippen LogP contribution in [0.1, 0.15) is 51.5 Å². The van der Waals surface area contributed by atoms with Gasteiger partial charge in [0.25, 0.3) is 0 Å². The highest BCUT2D eigenvalue weighted by atomic mass is 35.5. The van der Waals surface area contributed by atoms with E-state index < -0.39 is 0 Å². The summed E-state index contributed by atoms with van der Waals surface area (Å²) in [7, 11) is 0. The Morgan fingerprint density at radius 1 is 1.14 bits per heavy atom. The number of nitrogens with zero attached hydrogens (tertiary/aromatic N) is 3. The van der Waals surface area contributed by atoms with Crippen LogP contribution in [0.25, 0.3) is 21.9 Å². The Morgan fingerprint density at radius 2 is 1.92 bits per heavy atom. The predicted octanol–water partition coefficient (Wildman–Crippen LogP) is 7.84. The van der Waals surface area contributed by atoms with Crippen molar-refractivity contribution in [3.63, 3.8) is 0 Å². The van der Waals surface area contributed by atoms with Gasteiger partial charge in [-0.15, -0.1) is 0 Å². The predicted molar refractivity (Wildman–Crippen MR) is 157 cm³/mol. The Morgan fingerprint density at radius 3 is 2.65 bits per heavy atom. The Bertz CT molecular complexity index is 1240. The molecule has 0 aromatic heterocycles. The average molecular weight is 521 g/mol. The van der Waals surface area contributed by atoms with Gasteiger partial charge in [-0.1, -0.05) is 67.9 Å². The Hall–Kier alpha value is -2.60. The van der Waals surface area contributed by atoms with Gasteiger partial charge in [-0.25, -0.2) is 14.4 Å². The summed E-state index contributed by atoms with van der Waals surface area (Å²) in [4.78, 5) is 11.4. The highest BCUT2D eigenvalue weighted by Crippen LogP contribution is 2.42. The van der Waals surface area contributed by atoms with E-state index in [1.54, 1.807) is 0 Å². The van der Waals surface area contributed by atoms with Crippen molar-refractivity contribution >= 4 is 40.6 Å². The summed E-state index contributed by atoms with van der Waals surface area (Å²) in [6.07, 6.45) is 5.50. The quantitative estimate of drug-likeness (QED) is 0.159. The zero-order valence-electron chi connectivity index (χ0n) is 22.1. The first kappa shape index (κ1) is 27.4. The standard InChI is InChI=1S/C31H38ClFN4/c1-4-37(5-2)19-9-8-17-28(34-3)36-31-23(20-24-14-11-18-35-24)21-27(32)29(30(31)33)26-16-10-13-22-12-6-7-15-25(22)26/h6-7,10,12-13,15-16,21,24,35H,3-5,8-9,11,14,17-20H2,1-2H3/b36-28-. The van der Waals surface area contributed by atoms with Crippen molar-refractivity contribution in [1.29, 1.82) is 0 Å². The Labute approximate surface area is 225 Å². The van der Waals surface area contributed by atoms with Crippen molar-refractivity contribution in [2.75, 3.05) is 26.2 Å². The summed E-state index contributed by atoms with van der Waals surface area (Å²) in [5.41, 5.74) is 2.32. The fourth-order valence-corrected chi connectivity index (χ4v) is 5.60. The molecule has 37 heavy (non-hydrogen) atoms. The number of benzene rings is 3. The fourth-order valence-electron chi connectivity index (χ4n) is 5.28. The second kappa shape index (κ2) is 13.3. The Kier molecular flexibility index (Phi) is 9.84. The molecule has 1 N–H and O–H groups in total. The number of nitrogens with one attached hydrogen (secondary N) is 1. The van der Waals surface area contributed by atoms with Crippen LogP contribution in [0.4, 0.5) is 10.1 Å². The SMILES string of the molecule is C=N/C(CCCCN(CC)CC)=N\c1c(CC2CCCN2)cc(Cl)c(-c2cccc3ccccc23)c1F. The number of hydrogen-bond donors (Lipinski definition) is 1. The molecule has 1 saturated heterocycles. The number of halogens is 2. The lowest BCUT2D eigenvalue weighted by Crippen LogP contribution is -2.24. The lowest BCUT2D eigenvalue weighted by molar-refractivity contribution is 0.297. The molecule has 0 spiro atoms. The number of amidine groups is 1. The van der Waals surface area contributed by atoms with Crippen LogP contribution in [0, 0.1) is 5.82 Å². The number of aliphatic imine (C=N–C) groups is 2. The molecular formula is C31H38ClFN4. The second-order valence-corrected chi connectivity index (χ2v) is 10.2. The number of fused-ring (bicyclic) bond motifs is 1. The molecule has 4 rings (SSSR count). The second-order valence-electron chi connectivity index (χ2n) is 9.75. The van der Waals surface area contributed by atoms with E-state index in [0.29, 0.717) is 41.0 Å². The van der Waals surface area contributed by atoms with E-state index in [2.05, 4.69) is 35.8 Å². The lowest BCUT2D eigenvalue weighted by atomic mass is 9.94. The first-order valence-corrected chi connectivity index (χ1v) is 13.9. The minimum atomic E-state index is -0.388. The summed E-state index contributed by atoms with van der Waals surface area (Å²) in [6.45, 7) is 12.2. The van der Waals surface area contributed by atoms with Crippen molar-refractivity contribution in [3.8, 4) is 11.1 Å². The minimum Gasteiger partial charge on any atom is -0.314 e. The van der Waals surface area contributed by atoms with Gasteiger partial charge in [0, 0.05) is 18.0 Å². The third-order valence-corrected chi connectivity index (χ3v) is 7.70. The van der Waals surface area contributed by atoms with Crippen molar-refractivity contribution < 1.29 is 4.39 Å². The van der Waals surface area contributed by atoms with Gasteiger partial charge in [0.1, 0.15) is 11.5 Å². The maximum Gasteiger partial charge on any atom is 0.158 e. The zero-order chi connectivity index (χ0) is 26.2. The van der Waals surface area contributed by atoms with Crippen LogP contribution >= 0.6 is 11.6 Å². The van der Waals surface area contributed by atoms with E-state index in [1.807, 2.05) is 48.5 Å². The van der Waals surface area contributed by atoms with E-state index in [9.17, 15) is 0 Å². The molecule has 1 fully saturated rings. The molecule has 6 heteroatoms. The van der Waals surface area contributed by atoms with Crippen LogP contribution in [0.3, 0.4) is 0 Å². The molecule has 0 radical (unpaired) electrons. The summed E-state index contributed by atoms with van der Waals surface area (Å²) in [5.74, 6) is 0.186. The monoisotopic (exact) mass is 520 g/mol. The number of unbranched alkanes of at least 4 members (excludes halogenated alkanes) is 1. The molecule has 1 aliphatic rings. The topological polar surface area (TPSA) is 40.0 Å². The number of rotatable bonds is 11. The summed E-state index contributed by atoms with van der Waals surface area (Å²) in [6, 6.07) is 16.1. The van der Waals surface area contributed by atoms with Crippen molar-refractivity contribution in [2.45, 2.75) is 58.4 Å². The van der Waals surface area contributed by atoms with E-state index >= 15 is 4.39 Å². The first-order valence-electron chi connectivity index (χ1n) is 13.5. The molecule has 3 aromatic carbocycles. The first-order chi connectivity index (χ1) is 18.0. The van der Waals surface area contributed by atoms with Crippen LogP contribution in [-0.2, 0) is 6.42 Å².